The number of esters is 1. The molecule has 0 saturated carbocycles. The van der Waals surface area contributed by atoms with E-state index in [-0.39, 0.29) is 43.3 Å². The molecule has 3 rings (SSSR count). The lowest BCUT2D eigenvalue weighted by Crippen LogP contribution is -2.44. The minimum atomic E-state index is -0.661. The number of allylic oxidation sites excluding steroid dienone is 2. The summed E-state index contributed by atoms with van der Waals surface area (Å²) in [6.45, 7) is 9.51. The van der Waals surface area contributed by atoms with Crippen LogP contribution in [0.4, 0.5) is 0 Å². The maximum Gasteiger partial charge on any atom is 0.309 e. The summed E-state index contributed by atoms with van der Waals surface area (Å²) in [6.07, 6.45) is 7.00. The third-order valence-electron chi connectivity index (χ3n) is 7.98. The number of unbranched alkanes of at least 4 members (excludes halogenated alkanes) is 1. The van der Waals surface area contributed by atoms with E-state index >= 15 is 0 Å². The minimum Gasteiger partial charge on any atom is -0.489 e. The topological polar surface area (TPSA) is 114 Å². The van der Waals surface area contributed by atoms with Crippen molar-refractivity contribution in [2.24, 2.45) is 11.8 Å². The quantitative estimate of drug-likeness (QED) is 0.0683. The first-order valence-electron chi connectivity index (χ1n) is 16.7. The number of carbonyl (C=O) groups is 3. The molecule has 0 saturated heterocycles. The Labute approximate surface area is 285 Å². The van der Waals surface area contributed by atoms with E-state index in [4.69, 9.17) is 9.47 Å². The maximum atomic E-state index is 13.1. The highest BCUT2D eigenvalue weighted by Crippen LogP contribution is 2.19. The van der Waals surface area contributed by atoms with Crippen LogP contribution in [0.25, 0.3) is 0 Å². The van der Waals surface area contributed by atoms with E-state index in [0.717, 1.165) is 35.3 Å². The maximum absolute atomic E-state index is 13.1. The van der Waals surface area contributed by atoms with Crippen LogP contribution in [0, 0.1) is 11.8 Å². The average Bonchev–Trinajstić information content (AvgIpc) is 3.10. The van der Waals surface area contributed by atoms with Gasteiger partial charge in [0.2, 0.25) is 11.8 Å². The predicted octanol–water partition coefficient (Wildman–Crippen LogP) is 6.13. The van der Waals surface area contributed by atoms with Gasteiger partial charge in [0, 0.05) is 6.42 Å². The molecule has 0 aliphatic carbocycles. The standard InChI is InChI=1S/C40H50N2O6/c1-4-6-9-19-35(24-31-15-10-7-11-16-31)40(46)48-28-30(3)41-39(45)34(14-5-2)26-38(44)42-36(27-43)25-32-20-22-37(23-21-32)47-29-33-17-12-8-13-18-33/h4-5,7-8,10-13,15-18,20-23,30,34-36,43H,1-2,6,9,14,19,24-29H2,3H3,(H,41,45)(H,42,44)/t30-,34-,35+,36-/m0/s1. The lowest BCUT2D eigenvalue weighted by molar-refractivity contribution is -0.150. The number of amides is 2. The summed E-state index contributed by atoms with van der Waals surface area (Å²) in [7, 11) is 0. The van der Waals surface area contributed by atoms with Crippen molar-refractivity contribution >= 4 is 17.8 Å². The van der Waals surface area contributed by atoms with E-state index in [9.17, 15) is 19.5 Å². The van der Waals surface area contributed by atoms with Crippen LogP contribution >= 0.6 is 0 Å². The van der Waals surface area contributed by atoms with E-state index in [1.165, 1.54) is 0 Å². The molecule has 2 amide bonds. The van der Waals surface area contributed by atoms with Crippen molar-refractivity contribution in [3.8, 4) is 5.75 Å². The predicted molar refractivity (Wildman–Crippen MR) is 189 cm³/mol. The molecule has 3 aromatic carbocycles. The Bertz CT molecular complexity index is 1410. The number of hydrogen-bond donors (Lipinski definition) is 3. The van der Waals surface area contributed by atoms with Crippen LogP contribution in [0.15, 0.2) is 110 Å². The lowest BCUT2D eigenvalue weighted by Gasteiger charge is -2.22. The van der Waals surface area contributed by atoms with Gasteiger partial charge in [-0.15, -0.1) is 13.2 Å². The van der Waals surface area contributed by atoms with E-state index in [0.29, 0.717) is 32.3 Å². The molecule has 0 heterocycles. The van der Waals surface area contributed by atoms with E-state index < -0.39 is 18.0 Å². The fraction of sp³-hybridized carbons (Fsp3) is 0.375. The number of hydrogen-bond acceptors (Lipinski definition) is 6. The normalized spacial score (nSPS) is 13.3. The fourth-order valence-corrected chi connectivity index (χ4v) is 5.34. The second-order valence-corrected chi connectivity index (χ2v) is 12.1. The Kier molecular flexibility index (Phi) is 16.7. The number of nitrogens with one attached hydrogen (secondary N) is 2. The van der Waals surface area contributed by atoms with Gasteiger partial charge in [0.15, 0.2) is 0 Å². The zero-order valence-electron chi connectivity index (χ0n) is 28.0. The molecule has 0 bridgehead atoms. The number of aliphatic hydroxyl groups is 1. The van der Waals surface area contributed by atoms with Crippen LogP contribution in [0.1, 0.15) is 55.7 Å². The van der Waals surface area contributed by atoms with Gasteiger partial charge in [0.1, 0.15) is 19.0 Å². The van der Waals surface area contributed by atoms with Crippen LogP contribution in [0.5, 0.6) is 5.75 Å². The largest absolute Gasteiger partial charge is 0.489 e. The molecule has 0 aromatic heterocycles. The molecule has 3 aromatic rings. The summed E-state index contributed by atoms with van der Waals surface area (Å²) in [4.78, 5) is 39.1. The second kappa shape index (κ2) is 21.2. The first-order valence-corrected chi connectivity index (χ1v) is 16.7. The monoisotopic (exact) mass is 654 g/mol. The Morgan fingerprint density at radius 2 is 1.46 bits per heavy atom. The summed E-state index contributed by atoms with van der Waals surface area (Å²) in [5, 5.41) is 15.7. The number of ether oxygens (including phenoxy) is 2. The van der Waals surface area contributed by atoms with Gasteiger partial charge in [-0.05, 0) is 74.3 Å². The van der Waals surface area contributed by atoms with Crippen molar-refractivity contribution < 1.29 is 29.0 Å². The van der Waals surface area contributed by atoms with Crippen molar-refractivity contribution in [3.63, 3.8) is 0 Å². The van der Waals surface area contributed by atoms with Gasteiger partial charge in [-0.2, -0.15) is 0 Å². The second-order valence-electron chi connectivity index (χ2n) is 12.1. The molecule has 0 unspecified atom stereocenters. The van der Waals surface area contributed by atoms with Gasteiger partial charge in [-0.25, -0.2) is 0 Å². The average molecular weight is 655 g/mol. The Balaban J connectivity index is 1.46. The number of rotatable bonds is 22. The molecule has 0 spiro atoms. The molecule has 256 valence electrons. The third-order valence-corrected chi connectivity index (χ3v) is 7.98. The summed E-state index contributed by atoms with van der Waals surface area (Å²) in [5.41, 5.74) is 3.07. The SMILES string of the molecule is C=CCCC[C@H](Cc1ccccc1)C(=O)OC[C@H](C)NC(=O)[C@@H](CC=C)CC(=O)N[C@H](CO)Cc1ccc(OCc2ccccc2)cc1. The Hall–Kier alpha value is -4.69. The summed E-state index contributed by atoms with van der Waals surface area (Å²) in [5.74, 6) is -1.20. The molecule has 0 aliphatic heterocycles. The highest BCUT2D eigenvalue weighted by Gasteiger charge is 2.25. The summed E-state index contributed by atoms with van der Waals surface area (Å²) in [6, 6.07) is 26.3. The van der Waals surface area contributed by atoms with Gasteiger partial charge in [-0.3, -0.25) is 14.4 Å². The lowest BCUT2D eigenvalue weighted by atomic mass is 9.94. The molecule has 4 atom stereocenters. The minimum absolute atomic E-state index is 0.0208. The summed E-state index contributed by atoms with van der Waals surface area (Å²) >= 11 is 0. The molecule has 8 nitrogen and oxygen atoms in total. The molecular formula is C40H50N2O6. The van der Waals surface area contributed by atoms with Crippen LogP contribution in [0.2, 0.25) is 0 Å². The van der Waals surface area contributed by atoms with Crippen molar-refractivity contribution in [1.29, 1.82) is 0 Å². The van der Waals surface area contributed by atoms with Gasteiger partial charge in [-0.1, -0.05) is 84.9 Å². The van der Waals surface area contributed by atoms with Crippen LogP contribution in [-0.4, -0.2) is 48.2 Å². The molecule has 0 aliphatic rings. The fourth-order valence-electron chi connectivity index (χ4n) is 5.34. The zero-order chi connectivity index (χ0) is 34.6. The first kappa shape index (κ1) is 37.8. The van der Waals surface area contributed by atoms with E-state index in [1.807, 2.05) is 91.0 Å². The summed E-state index contributed by atoms with van der Waals surface area (Å²) < 4.78 is 11.5. The Morgan fingerprint density at radius 3 is 2.08 bits per heavy atom. The van der Waals surface area contributed by atoms with Crippen molar-refractivity contribution in [1.82, 2.24) is 10.6 Å². The molecule has 48 heavy (non-hydrogen) atoms. The smallest absolute Gasteiger partial charge is 0.309 e. The first-order chi connectivity index (χ1) is 23.3. The molecular weight excluding hydrogens is 604 g/mol. The van der Waals surface area contributed by atoms with Crippen LogP contribution in [-0.2, 0) is 38.6 Å². The van der Waals surface area contributed by atoms with Gasteiger partial charge >= 0.3 is 5.97 Å². The van der Waals surface area contributed by atoms with Gasteiger partial charge in [0.25, 0.3) is 0 Å². The molecule has 0 fully saturated rings. The van der Waals surface area contributed by atoms with Gasteiger partial charge < -0.3 is 25.2 Å². The van der Waals surface area contributed by atoms with Crippen molar-refractivity contribution in [2.75, 3.05) is 13.2 Å². The number of aliphatic hydroxyl groups excluding tert-OH is 1. The van der Waals surface area contributed by atoms with E-state index in [2.05, 4.69) is 23.8 Å². The highest BCUT2D eigenvalue weighted by atomic mass is 16.5. The van der Waals surface area contributed by atoms with Crippen LogP contribution < -0.4 is 15.4 Å². The molecule has 0 radical (unpaired) electrons. The zero-order valence-corrected chi connectivity index (χ0v) is 28.0. The Morgan fingerprint density at radius 1 is 0.812 bits per heavy atom. The number of benzene rings is 3. The third kappa shape index (κ3) is 14.0. The van der Waals surface area contributed by atoms with Gasteiger partial charge in [0.05, 0.1) is 30.5 Å². The number of carbonyl (C=O) groups excluding carboxylic acids is 3. The van der Waals surface area contributed by atoms with Crippen molar-refractivity contribution in [2.45, 2.75) is 70.6 Å². The molecule has 8 heteroatoms. The molecule has 3 N–H and O–H groups in total. The van der Waals surface area contributed by atoms with Crippen LogP contribution in [0.3, 0.4) is 0 Å². The highest BCUT2D eigenvalue weighted by molar-refractivity contribution is 5.86. The van der Waals surface area contributed by atoms with Crippen molar-refractivity contribution in [3.05, 3.63) is 127 Å². The van der Waals surface area contributed by atoms with E-state index in [1.54, 1.807) is 13.0 Å².